The molecule has 30 heavy (non-hydrogen) atoms. The zero-order valence-electron chi connectivity index (χ0n) is 16.9. The van der Waals surface area contributed by atoms with Crippen LogP contribution in [0.1, 0.15) is 32.1 Å². The van der Waals surface area contributed by atoms with Gasteiger partial charge in [0.2, 0.25) is 5.91 Å². The second kappa shape index (κ2) is 11.6. The second-order valence-electron chi connectivity index (χ2n) is 6.67. The van der Waals surface area contributed by atoms with Gasteiger partial charge in [-0.3, -0.25) is 14.3 Å². The van der Waals surface area contributed by atoms with Gasteiger partial charge in [-0.05, 0) is 12.1 Å². The summed E-state index contributed by atoms with van der Waals surface area (Å²) in [5.74, 6) is -0.574. The molecule has 1 aliphatic rings. The molecule has 4 rings (SSSR count). The third-order valence-electron chi connectivity index (χ3n) is 4.28. The van der Waals surface area contributed by atoms with Crippen molar-refractivity contribution < 1.29 is 13.6 Å². The molecule has 1 fully saturated rings. The molecular weight excluding hydrogens is 394 g/mol. The summed E-state index contributed by atoms with van der Waals surface area (Å²) < 4.78 is 25.8. The van der Waals surface area contributed by atoms with E-state index in [1.165, 1.54) is 32.1 Å². The zero-order chi connectivity index (χ0) is 21.9. The van der Waals surface area contributed by atoms with Crippen LogP contribution in [0, 0.1) is 0 Å². The Morgan fingerprint density at radius 2 is 1.93 bits per heavy atom. The molecule has 2 N–H and O–H groups in total. The molecule has 0 aromatic carbocycles. The van der Waals surface area contributed by atoms with Crippen LogP contribution in [-0.4, -0.2) is 43.3 Å². The van der Waals surface area contributed by atoms with Crippen LogP contribution in [0.3, 0.4) is 0 Å². The van der Waals surface area contributed by atoms with E-state index in [1.54, 1.807) is 33.9 Å². The summed E-state index contributed by atoms with van der Waals surface area (Å²) in [7, 11) is 1.83. The molecule has 162 valence electrons. The number of hydrogen-bond donors (Lipinski definition) is 2. The Bertz CT molecular complexity index is 996. The van der Waals surface area contributed by atoms with Gasteiger partial charge < -0.3 is 10.3 Å². The maximum Gasteiger partial charge on any atom is 0.274 e. The standard InChI is InChI=1S/C10H9N5O.C5H7F2NO.C5H10/c1-14-5-7(4-12-14)8-6-15-9(2-3-11-15)10(16)13-8;1-2-5(9)8-3-4(6)7;1-2-4-5-3-1/h2-6H,1H3,(H,13,16);2,4H,1,3H2,(H,8,9);1-5H2. The van der Waals surface area contributed by atoms with Crippen LogP contribution in [0.15, 0.2) is 48.3 Å². The van der Waals surface area contributed by atoms with Gasteiger partial charge in [-0.15, -0.1) is 0 Å². The number of amides is 1. The smallest absolute Gasteiger partial charge is 0.274 e. The lowest BCUT2D eigenvalue weighted by Crippen LogP contribution is -2.26. The minimum Gasteiger partial charge on any atom is -0.347 e. The fourth-order valence-electron chi connectivity index (χ4n) is 2.78. The number of fused-ring (bicyclic) bond motifs is 1. The minimum atomic E-state index is -2.49. The van der Waals surface area contributed by atoms with E-state index in [2.05, 4.69) is 21.8 Å². The summed E-state index contributed by atoms with van der Waals surface area (Å²) in [5, 5.41) is 10.0. The quantitative estimate of drug-likeness (QED) is 0.634. The monoisotopic (exact) mass is 420 g/mol. The van der Waals surface area contributed by atoms with Crippen LogP contribution < -0.4 is 10.9 Å². The Morgan fingerprint density at radius 1 is 1.27 bits per heavy atom. The number of halogens is 2. The summed E-state index contributed by atoms with van der Waals surface area (Å²) in [6, 6.07) is 1.67. The minimum absolute atomic E-state index is 0.154. The third kappa shape index (κ3) is 7.26. The summed E-state index contributed by atoms with van der Waals surface area (Å²) in [5.41, 5.74) is 1.94. The summed E-state index contributed by atoms with van der Waals surface area (Å²) in [6.07, 6.45) is 12.9. The predicted octanol–water partition coefficient (Wildman–Crippen LogP) is 2.93. The number of nitrogens with one attached hydrogen (secondary N) is 2. The van der Waals surface area contributed by atoms with Gasteiger partial charge in [0.15, 0.2) is 0 Å². The number of H-pyrrole nitrogens is 1. The van der Waals surface area contributed by atoms with Gasteiger partial charge in [-0.2, -0.15) is 10.2 Å². The molecular formula is C20H26F2N6O2. The van der Waals surface area contributed by atoms with Crippen molar-refractivity contribution in [1.29, 1.82) is 0 Å². The number of rotatable bonds is 4. The van der Waals surface area contributed by atoms with E-state index < -0.39 is 18.9 Å². The molecule has 0 spiro atoms. The highest BCUT2D eigenvalue weighted by Gasteiger charge is 2.05. The Kier molecular flexibility index (Phi) is 8.92. The molecule has 8 nitrogen and oxygen atoms in total. The van der Waals surface area contributed by atoms with Crippen molar-refractivity contribution >= 4 is 11.4 Å². The molecule has 0 bridgehead atoms. The van der Waals surface area contributed by atoms with Gasteiger partial charge in [0, 0.05) is 18.8 Å². The largest absolute Gasteiger partial charge is 0.347 e. The van der Waals surface area contributed by atoms with Gasteiger partial charge in [0.1, 0.15) is 5.52 Å². The molecule has 3 heterocycles. The molecule has 3 aromatic rings. The van der Waals surface area contributed by atoms with Gasteiger partial charge in [-0.25, -0.2) is 13.3 Å². The average Bonchev–Trinajstić information content (AvgIpc) is 3.49. The van der Waals surface area contributed by atoms with Crippen molar-refractivity contribution in [3.63, 3.8) is 0 Å². The van der Waals surface area contributed by atoms with E-state index in [-0.39, 0.29) is 5.56 Å². The fraction of sp³-hybridized carbons (Fsp3) is 0.400. The highest BCUT2D eigenvalue weighted by atomic mass is 19.3. The van der Waals surface area contributed by atoms with Crippen molar-refractivity contribution in [2.75, 3.05) is 6.54 Å². The molecule has 0 unspecified atom stereocenters. The molecule has 0 aliphatic heterocycles. The van der Waals surface area contributed by atoms with Gasteiger partial charge >= 0.3 is 0 Å². The van der Waals surface area contributed by atoms with Crippen molar-refractivity contribution in [1.82, 2.24) is 29.7 Å². The first-order chi connectivity index (χ1) is 14.4. The maximum absolute atomic E-state index is 11.7. The van der Waals surface area contributed by atoms with Crippen LogP contribution in [-0.2, 0) is 11.8 Å². The summed E-state index contributed by atoms with van der Waals surface area (Å²) in [6.45, 7) is 2.48. The van der Waals surface area contributed by atoms with E-state index in [9.17, 15) is 18.4 Å². The first-order valence-electron chi connectivity index (χ1n) is 9.65. The second-order valence-corrected chi connectivity index (χ2v) is 6.67. The van der Waals surface area contributed by atoms with Crippen molar-refractivity contribution in [3.05, 3.63) is 53.9 Å². The Morgan fingerprint density at radius 3 is 2.47 bits per heavy atom. The fourth-order valence-corrected chi connectivity index (χ4v) is 2.78. The van der Waals surface area contributed by atoms with Crippen LogP contribution in [0.5, 0.6) is 0 Å². The third-order valence-corrected chi connectivity index (χ3v) is 4.28. The highest BCUT2D eigenvalue weighted by molar-refractivity contribution is 5.86. The molecule has 1 amide bonds. The highest BCUT2D eigenvalue weighted by Crippen LogP contribution is 2.15. The Balaban J connectivity index is 0.000000193. The lowest BCUT2D eigenvalue weighted by atomic mass is 10.3. The Labute approximate surface area is 172 Å². The lowest BCUT2D eigenvalue weighted by Gasteiger charge is -1.98. The molecule has 1 aliphatic carbocycles. The van der Waals surface area contributed by atoms with Gasteiger partial charge in [0.25, 0.3) is 12.0 Å². The lowest BCUT2D eigenvalue weighted by molar-refractivity contribution is -0.117. The van der Waals surface area contributed by atoms with Gasteiger partial charge in [-0.1, -0.05) is 38.7 Å². The first kappa shape index (κ1) is 23.0. The first-order valence-corrected chi connectivity index (χ1v) is 9.65. The summed E-state index contributed by atoms with van der Waals surface area (Å²) in [4.78, 5) is 24.6. The van der Waals surface area contributed by atoms with E-state index >= 15 is 0 Å². The molecule has 0 radical (unpaired) electrons. The van der Waals surface area contributed by atoms with E-state index in [0.29, 0.717) is 11.2 Å². The zero-order valence-corrected chi connectivity index (χ0v) is 16.9. The SMILES string of the molecule is C1CCCC1.C=CC(=O)NCC(F)F.Cn1cc(-c2cn3nccc3c(=O)[nH]2)cn1. The number of carbonyl (C=O) groups is 1. The molecule has 1 saturated carbocycles. The normalized spacial score (nSPS) is 12.7. The molecule has 0 atom stereocenters. The number of aromatic amines is 1. The van der Waals surface area contributed by atoms with Crippen LogP contribution >= 0.6 is 0 Å². The number of aromatic nitrogens is 5. The molecule has 0 saturated heterocycles. The maximum atomic E-state index is 11.7. The number of carbonyl (C=O) groups excluding carboxylic acids is 1. The van der Waals surface area contributed by atoms with E-state index in [0.717, 1.165) is 11.6 Å². The molecule has 10 heteroatoms. The van der Waals surface area contributed by atoms with Gasteiger partial charge in [0.05, 0.1) is 30.8 Å². The summed E-state index contributed by atoms with van der Waals surface area (Å²) >= 11 is 0. The van der Waals surface area contributed by atoms with Crippen molar-refractivity contribution in [2.45, 2.75) is 38.5 Å². The van der Waals surface area contributed by atoms with Crippen LogP contribution in [0.25, 0.3) is 16.8 Å². The predicted molar refractivity (Wildman–Crippen MR) is 110 cm³/mol. The average molecular weight is 420 g/mol. The Hall–Kier alpha value is -3.30. The molecule has 3 aromatic heterocycles. The van der Waals surface area contributed by atoms with Crippen molar-refractivity contribution in [2.24, 2.45) is 7.05 Å². The van der Waals surface area contributed by atoms with Crippen molar-refractivity contribution in [3.8, 4) is 11.3 Å². The van der Waals surface area contributed by atoms with E-state index in [1.807, 2.05) is 18.6 Å². The number of hydrogen-bond acceptors (Lipinski definition) is 4. The van der Waals surface area contributed by atoms with Crippen LogP contribution in [0.4, 0.5) is 8.78 Å². The number of alkyl halides is 2. The van der Waals surface area contributed by atoms with E-state index in [4.69, 9.17) is 0 Å². The van der Waals surface area contributed by atoms with Crippen LogP contribution in [0.2, 0.25) is 0 Å². The number of nitrogens with zero attached hydrogens (tertiary/aromatic N) is 4. The number of aryl methyl sites for hydroxylation is 1. The topological polar surface area (TPSA) is 97.1 Å².